The van der Waals surface area contributed by atoms with Crippen LogP contribution in [0.5, 0.6) is 17.2 Å². The number of anilines is 1. The van der Waals surface area contributed by atoms with Gasteiger partial charge in [-0.05, 0) is 69.2 Å². The van der Waals surface area contributed by atoms with Crippen LogP contribution in [0.4, 0.5) is 10.1 Å². The van der Waals surface area contributed by atoms with Crippen molar-refractivity contribution in [1.82, 2.24) is 0 Å². The Morgan fingerprint density at radius 3 is 2.55 bits per heavy atom. The minimum atomic E-state index is -0.307. The lowest BCUT2D eigenvalue weighted by Gasteiger charge is -2.35. The maximum Gasteiger partial charge on any atom is 0.172 e. The highest BCUT2D eigenvalue weighted by Crippen LogP contribution is 2.54. The highest BCUT2D eigenvalue weighted by Gasteiger charge is 2.33. The molecule has 5 rings (SSSR count). The number of halogens is 1. The molecule has 168 valence electrons. The maximum atomic E-state index is 14.8. The third kappa shape index (κ3) is 3.35. The smallest absolute Gasteiger partial charge is 0.172 e. The Hall–Kier alpha value is -3.73. The first-order valence-corrected chi connectivity index (χ1v) is 10.9. The number of hydrogen-bond acceptors (Lipinski definition) is 4. The number of aryl methyl sites for hydroxylation is 1. The minimum Gasteiger partial charge on any atom is -0.504 e. The summed E-state index contributed by atoms with van der Waals surface area (Å²) in [4.78, 5) is 0. The molecule has 0 unspecified atom stereocenters. The zero-order chi connectivity index (χ0) is 23.5. The summed E-state index contributed by atoms with van der Waals surface area (Å²) in [6.07, 6.45) is 3.94. The molecule has 2 N–H and O–H groups in total. The van der Waals surface area contributed by atoms with E-state index in [9.17, 15) is 9.50 Å². The fraction of sp³-hybridized carbons (Fsp3) is 0.214. The SMILES string of the molecule is COc1c(O)ccc2c1-c1ccc3c(c1/C(=C/c1c(C)cccc1F)O2)C(C)=CC(C)(C)N3. The van der Waals surface area contributed by atoms with Crippen LogP contribution in [0.3, 0.4) is 0 Å². The summed E-state index contributed by atoms with van der Waals surface area (Å²) in [5.41, 5.74) is 6.52. The van der Waals surface area contributed by atoms with Crippen LogP contribution in [0.15, 0.2) is 48.5 Å². The van der Waals surface area contributed by atoms with Crippen molar-refractivity contribution in [3.05, 3.63) is 76.6 Å². The van der Waals surface area contributed by atoms with Crippen molar-refractivity contribution >= 4 is 23.1 Å². The molecule has 2 aliphatic heterocycles. The molecular weight excluding hydrogens is 417 g/mol. The summed E-state index contributed by atoms with van der Waals surface area (Å²) < 4.78 is 26.7. The number of methoxy groups -OCH3 is 1. The molecule has 33 heavy (non-hydrogen) atoms. The molecule has 0 fully saturated rings. The molecule has 0 saturated carbocycles. The molecule has 2 aliphatic rings. The zero-order valence-corrected chi connectivity index (χ0v) is 19.3. The number of aromatic hydroxyl groups is 1. The first-order chi connectivity index (χ1) is 15.7. The first kappa shape index (κ1) is 21.1. The summed E-state index contributed by atoms with van der Waals surface area (Å²) in [6.45, 7) is 8.18. The number of nitrogens with one attached hydrogen (secondary N) is 1. The van der Waals surface area contributed by atoms with E-state index >= 15 is 0 Å². The van der Waals surface area contributed by atoms with Gasteiger partial charge in [-0.15, -0.1) is 0 Å². The predicted octanol–water partition coefficient (Wildman–Crippen LogP) is 7.01. The molecule has 0 atom stereocenters. The van der Waals surface area contributed by atoms with Gasteiger partial charge in [0.2, 0.25) is 0 Å². The normalized spacial score (nSPS) is 16.7. The Balaban J connectivity index is 1.87. The van der Waals surface area contributed by atoms with Crippen molar-refractivity contribution < 1.29 is 19.0 Å². The molecule has 0 aliphatic carbocycles. The molecule has 3 aromatic carbocycles. The Morgan fingerprint density at radius 1 is 1.03 bits per heavy atom. The second kappa shape index (κ2) is 7.41. The number of hydrogen-bond donors (Lipinski definition) is 2. The van der Waals surface area contributed by atoms with E-state index in [0.29, 0.717) is 28.4 Å². The van der Waals surface area contributed by atoms with Gasteiger partial charge in [0.05, 0.1) is 18.2 Å². The number of rotatable bonds is 2. The van der Waals surface area contributed by atoms with Crippen LogP contribution in [0, 0.1) is 12.7 Å². The molecule has 3 aromatic rings. The molecule has 0 amide bonds. The van der Waals surface area contributed by atoms with Crippen molar-refractivity contribution in [2.24, 2.45) is 0 Å². The molecule has 5 heteroatoms. The second-order valence-electron chi connectivity index (χ2n) is 9.16. The Kier molecular flexibility index (Phi) is 4.74. The average molecular weight is 444 g/mol. The van der Waals surface area contributed by atoms with E-state index in [1.165, 1.54) is 13.2 Å². The Bertz CT molecular complexity index is 1350. The molecule has 0 aromatic heterocycles. The molecule has 2 heterocycles. The van der Waals surface area contributed by atoms with Gasteiger partial charge in [-0.3, -0.25) is 0 Å². The van der Waals surface area contributed by atoms with E-state index in [4.69, 9.17) is 9.47 Å². The fourth-order valence-corrected chi connectivity index (χ4v) is 4.91. The number of phenolic OH excluding ortho intramolecular Hbond substituents is 1. The lowest BCUT2D eigenvalue weighted by molar-refractivity contribution is 0.371. The average Bonchev–Trinajstić information content (AvgIpc) is 2.75. The van der Waals surface area contributed by atoms with Gasteiger partial charge in [-0.25, -0.2) is 4.39 Å². The Morgan fingerprint density at radius 2 is 1.82 bits per heavy atom. The molecule has 4 nitrogen and oxygen atoms in total. The third-order valence-electron chi connectivity index (χ3n) is 6.22. The van der Waals surface area contributed by atoms with Crippen molar-refractivity contribution in [1.29, 1.82) is 0 Å². The van der Waals surface area contributed by atoms with E-state index in [-0.39, 0.29) is 17.1 Å². The van der Waals surface area contributed by atoms with Gasteiger partial charge < -0.3 is 19.9 Å². The van der Waals surface area contributed by atoms with Gasteiger partial charge in [-0.1, -0.05) is 24.3 Å². The topological polar surface area (TPSA) is 50.7 Å². The van der Waals surface area contributed by atoms with Crippen LogP contribution >= 0.6 is 0 Å². The van der Waals surface area contributed by atoms with Gasteiger partial charge in [0.15, 0.2) is 11.5 Å². The standard InChI is InChI=1S/C28H26FNO3/c1-15-7-6-8-19(29)18(15)13-23-25-17(26-22(33-23)12-11-21(31)27(26)32-5)9-10-20-24(25)16(2)14-28(3,4)30-20/h6-14,30-31H,1-5H3/b23-13-. The number of fused-ring (bicyclic) bond motifs is 5. The van der Waals surface area contributed by atoms with E-state index in [2.05, 4.69) is 32.2 Å². The van der Waals surface area contributed by atoms with Crippen LogP contribution in [0.1, 0.15) is 43.0 Å². The molecule has 0 spiro atoms. The summed E-state index contributed by atoms with van der Waals surface area (Å²) in [5, 5.41) is 14.0. The summed E-state index contributed by atoms with van der Waals surface area (Å²) in [6, 6.07) is 12.3. The number of phenols is 1. The van der Waals surface area contributed by atoms with E-state index in [0.717, 1.165) is 33.5 Å². The lowest BCUT2D eigenvalue weighted by atomic mass is 9.82. The largest absolute Gasteiger partial charge is 0.504 e. The van der Waals surface area contributed by atoms with Crippen LogP contribution in [-0.4, -0.2) is 17.8 Å². The highest BCUT2D eigenvalue weighted by atomic mass is 19.1. The van der Waals surface area contributed by atoms with Crippen molar-refractivity contribution in [3.63, 3.8) is 0 Å². The summed E-state index contributed by atoms with van der Waals surface area (Å²) >= 11 is 0. The van der Waals surface area contributed by atoms with Gasteiger partial charge in [0.25, 0.3) is 0 Å². The van der Waals surface area contributed by atoms with Crippen LogP contribution in [-0.2, 0) is 0 Å². The lowest BCUT2D eigenvalue weighted by Crippen LogP contribution is -2.32. The second-order valence-corrected chi connectivity index (χ2v) is 9.16. The summed E-state index contributed by atoms with van der Waals surface area (Å²) in [7, 11) is 1.52. The minimum absolute atomic E-state index is 0.0346. The van der Waals surface area contributed by atoms with E-state index < -0.39 is 0 Å². The monoisotopic (exact) mass is 443 g/mol. The quantitative estimate of drug-likeness (QED) is 0.447. The zero-order valence-electron chi connectivity index (χ0n) is 19.3. The molecule has 0 bridgehead atoms. The first-order valence-electron chi connectivity index (χ1n) is 10.9. The van der Waals surface area contributed by atoms with Gasteiger partial charge >= 0.3 is 0 Å². The van der Waals surface area contributed by atoms with E-state index in [1.54, 1.807) is 24.3 Å². The van der Waals surface area contributed by atoms with Crippen molar-refractivity contribution in [3.8, 4) is 28.4 Å². The van der Waals surface area contributed by atoms with Gasteiger partial charge in [-0.2, -0.15) is 0 Å². The van der Waals surface area contributed by atoms with Gasteiger partial charge in [0.1, 0.15) is 17.3 Å². The van der Waals surface area contributed by atoms with E-state index in [1.807, 2.05) is 25.1 Å². The van der Waals surface area contributed by atoms with Crippen molar-refractivity contribution in [2.45, 2.75) is 33.2 Å². The third-order valence-corrected chi connectivity index (χ3v) is 6.22. The predicted molar refractivity (Wildman–Crippen MR) is 131 cm³/mol. The van der Waals surface area contributed by atoms with Crippen LogP contribution < -0.4 is 14.8 Å². The fourth-order valence-electron chi connectivity index (χ4n) is 4.91. The van der Waals surface area contributed by atoms with Crippen molar-refractivity contribution in [2.75, 3.05) is 12.4 Å². The molecule has 0 saturated heterocycles. The number of allylic oxidation sites excluding steroid dienone is 1. The van der Waals surface area contributed by atoms with Crippen LogP contribution in [0.25, 0.3) is 28.5 Å². The highest BCUT2D eigenvalue weighted by molar-refractivity contribution is 6.02. The van der Waals surface area contributed by atoms with Gasteiger partial charge in [0, 0.05) is 27.9 Å². The summed E-state index contributed by atoms with van der Waals surface area (Å²) in [5.74, 6) is 1.17. The maximum absolute atomic E-state index is 14.8. The molecular formula is C28H26FNO3. The Labute approximate surface area is 193 Å². The van der Waals surface area contributed by atoms with Crippen LogP contribution in [0.2, 0.25) is 0 Å². The number of ether oxygens (including phenoxy) is 2. The molecule has 0 radical (unpaired) electrons. The number of benzene rings is 3.